The quantitative estimate of drug-likeness (QED) is 0.761. The van der Waals surface area contributed by atoms with Crippen molar-refractivity contribution in [3.8, 4) is 0 Å². The molecule has 4 heteroatoms. The summed E-state index contributed by atoms with van der Waals surface area (Å²) in [5, 5.41) is 3.44. The van der Waals surface area contributed by atoms with Crippen molar-refractivity contribution >= 4 is 18.4 Å². The number of esters is 1. The average molecular weight is 250 g/mol. The van der Waals surface area contributed by atoms with Crippen LogP contribution < -0.4 is 5.32 Å². The van der Waals surface area contributed by atoms with Crippen LogP contribution in [0.4, 0.5) is 0 Å². The third-order valence-electron chi connectivity index (χ3n) is 2.72. The predicted molar refractivity (Wildman–Crippen MR) is 67.9 cm³/mol. The van der Waals surface area contributed by atoms with Crippen molar-refractivity contribution in [3.05, 3.63) is 0 Å². The van der Waals surface area contributed by atoms with Gasteiger partial charge >= 0.3 is 5.97 Å². The van der Waals surface area contributed by atoms with Gasteiger partial charge < -0.3 is 10.1 Å². The van der Waals surface area contributed by atoms with Crippen LogP contribution in [0.3, 0.4) is 0 Å². The number of rotatable bonds is 5. The van der Waals surface area contributed by atoms with Crippen molar-refractivity contribution < 1.29 is 9.53 Å². The number of halogens is 1. The summed E-state index contributed by atoms with van der Waals surface area (Å²) in [6.07, 6.45) is 5.31. The maximum atomic E-state index is 11.3. The Morgan fingerprint density at radius 3 is 2.75 bits per heavy atom. The molecule has 0 aromatic heterocycles. The number of piperidine rings is 1. The maximum absolute atomic E-state index is 11.3. The summed E-state index contributed by atoms with van der Waals surface area (Å²) in [7, 11) is 0. The summed E-state index contributed by atoms with van der Waals surface area (Å²) in [5.41, 5.74) is 0. The minimum atomic E-state index is -0.0548. The molecule has 1 rings (SSSR count). The molecular formula is C12H24ClNO2. The zero-order chi connectivity index (χ0) is 11.1. The lowest BCUT2D eigenvalue weighted by Gasteiger charge is -2.23. The number of hydrogen-bond donors (Lipinski definition) is 1. The van der Waals surface area contributed by atoms with E-state index >= 15 is 0 Å². The largest absolute Gasteiger partial charge is 0.466 e. The van der Waals surface area contributed by atoms with E-state index in [2.05, 4.69) is 5.32 Å². The summed E-state index contributed by atoms with van der Waals surface area (Å²) in [6, 6.07) is 0.561. The zero-order valence-electron chi connectivity index (χ0n) is 10.3. The van der Waals surface area contributed by atoms with Gasteiger partial charge in [-0.05, 0) is 31.7 Å². The van der Waals surface area contributed by atoms with Crippen LogP contribution in [-0.4, -0.2) is 25.2 Å². The Bertz CT molecular complexity index is 191. The number of ether oxygens (including phenoxy) is 1. The predicted octanol–water partition coefficient (Wildman–Crippen LogP) is 2.53. The van der Waals surface area contributed by atoms with E-state index in [4.69, 9.17) is 4.74 Å². The van der Waals surface area contributed by atoms with Gasteiger partial charge in [-0.1, -0.05) is 20.3 Å². The van der Waals surface area contributed by atoms with Crippen molar-refractivity contribution in [1.29, 1.82) is 0 Å². The third-order valence-corrected chi connectivity index (χ3v) is 2.72. The highest BCUT2D eigenvalue weighted by Gasteiger charge is 2.13. The smallest absolute Gasteiger partial charge is 0.306 e. The van der Waals surface area contributed by atoms with E-state index in [0.29, 0.717) is 25.0 Å². The molecule has 0 saturated carbocycles. The lowest BCUT2D eigenvalue weighted by Crippen LogP contribution is -2.35. The molecule has 1 fully saturated rings. The van der Waals surface area contributed by atoms with Crippen molar-refractivity contribution in [2.75, 3.05) is 13.2 Å². The highest BCUT2D eigenvalue weighted by Crippen LogP contribution is 2.10. The van der Waals surface area contributed by atoms with E-state index in [1.807, 2.05) is 13.8 Å². The van der Waals surface area contributed by atoms with E-state index in [1.165, 1.54) is 19.3 Å². The molecule has 0 aromatic rings. The first-order valence-corrected chi connectivity index (χ1v) is 6.07. The number of carbonyl (C=O) groups is 1. The van der Waals surface area contributed by atoms with E-state index in [9.17, 15) is 4.79 Å². The number of carbonyl (C=O) groups excluding carboxylic acids is 1. The van der Waals surface area contributed by atoms with Crippen molar-refractivity contribution in [2.24, 2.45) is 5.92 Å². The van der Waals surface area contributed by atoms with Crippen LogP contribution in [0.25, 0.3) is 0 Å². The zero-order valence-corrected chi connectivity index (χ0v) is 11.1. The molecule has 1 saturated heterocycles. The lowest BCUT2D eigenvalue weighted by atomic mass is 10.0. The van der Waals surface area contributed by atoms with Crippen LogP contribution in [0.1, 0.15) is 46.0 Å². The van der Waals surface area contributed by atoms with E-state index in [1.54, 1.807) is 0 Å². The first kappa shape index (κ1) is 15.7. The van der Waals surface area contributed by atoms with Gasteiger partial charge in [0.15, 0.2) is 0 Å². The molecule has 0 bridgehead atoms. The molecule has 1 aliphatic rings. The molecule has 1 N–H and O–H groups in total. The van der Waals surface area contributed by atoms with E-state index in [0.717, 1.165) is 13.0 Å². The summed E-state index contributed by atoms with van der Waals surface area (Å²) in [6.45, 7) is 5.75. The van der Waals surface area contributed by atoms with Crippen molar-refractivity contribution in [3.63, 3.8) is 0 Å². The second-order valence-electron chi connectivity index (χ2n) is 4.75. The molecule has 96 valence electrons. The second kappa shape index (κ2) is 8.82. The molecule has 1 atom stereocenters. The van der Waals surface area contributed by atoms with Crippen molar-refractivity contribution in [2.45, 2.75) is 52.0 Å². The summed E-state index contributed by atoms with van der Waals surface area (Å²) in [4.78, 5) is 11.3. The minimum absolute atomic E-state index is 0. The Balaban J connectivity index is 0.00000225. The van der Waals surface area contributed by atoms with Gasteiger partial charge in [0.2, 0.25) is 0 Å². The van der Waals surface area contributed by atoms with Crippen LogP contribution in [0.15, 0.2) is 0 Å². The van der Waals surface area contributed by atoms with Gasteiger partial charge in [0.1, 0.15) is 0 Å². The number of hydrogen-bond acceptors (Lipinski definition) is 3. The van der Waals surface area contributed by atoms with Crippen LogP contribution in [0.5, 0.6) is 0 Å². The Kier molecular flexibility index (Phi) is 8.67. The van der Waals surface area contributed by atoms with Gasteiger partial charge in [-0.3, -0.25) is 4.79 Å². The first-order valence-electron chi connectivity index (χ1n) is 6.07. The molecule has 0 radical (unpaired) electrons. The molecule has 1 heterocycles. The number of nitrogens with one attached hydrogen (secondary N) is 1. The van der Waals surface area contributed by atoms with Gasteiger partial charge in [0.25, 0.3) is 0 Å². The van der Waals surface area contributed by atoms with Gasteiger partial charge in [0.05, 0.1) is 6.61 Å². The monoisotopic (exact) mass is 249 g/mol. The lowest BCUT2D eigenvalue weighted by molar-refractivity contribution is -0.144. The summed E-state index contributed by atoms with van der Waals surface area (Å²) < 4.78 is 5.18. The van der Waals surface area contributed by atoms with Crippen molar-refractivity contribution in [1.82, 2.24) is 5.32 Å². The average Bonchev–Trinajstić information content (AvgIpc) is 2.18. The highest BCUT2D eigenvalue weighted by atomic mass is 35.5. The molecule has 16 heavy (non-hydrogen) atoms. The van der Waals surface area contributed by atoms with E-state index < -0.39 is 0 Å². The fraction of sp³-hybridized carbons (Fsp3) is 0.917. The fourth-order valence-electron chi connectivity index (χ4n) is 1.88. The molecular weight excluding hydrogens is 226 g/mol. The van der Waals surface area contributed by atoms with Crippen LogP contribution in [-0.2, 0) is 9.53 Å². The SMILES string of the molecule is CC(C)CC(=O)OCCC1CCCCN1.Cl. The summed E-state index contributed by atoms with van der Waals surface area (Å²) >= 11 is 0. The van der Waals surface area contributed by atoms with Crippen LogP contribution in [0, 0.1) is 5.92 Å². The summed E-state index contributed by atoms with van der Waals surface area (Å²) in [5.74, 6) is 0.339. The highest BCUT2D eigenvalue weighted by molar-refractivity contribution is 5.85. The van der Waals surface area contributed by atoms with Crippen LogP contribution >= 0.6 is 12.4 Å². The minimum Gasteiger partial charge on any atom is -0.466 e. The third kappa shape index (κ3) is 7.07. The van der Waals surface area contributed by atoms with Gasteiger partial charge in [-0.2, -0.15) is 0 Å². The molecule has 0 aliphatic carbocycles. The van der Waals surface area contributed by atoms with E-state index in [-0.39, 0.29) is 18.4 Å². The molecule has 1 unspecified atom stereocenters. The molecule has 0 amide bonds. The maximum Gasteiger partial charge on any atom is 0.306 e. The molecule has 3 nitrogen and oxygen atoms in total. The second-order valence-corrected chi connectivity index (χ2v) is 4.75. The van der Waals surface area contributed by atoms with Gasteiger partial charge in [-0.25, -0.2) is 0 Å². The van der Waals surface area contributed by atoms with Gasteiger partial charge in [-0.15, -0.1) is 12.4 Å². The molecule has 1 aliphatic heterocycles. The Morgan fingerprint density at radius 2 is 2.19 bits per heavy atom. The van der Waals surface area contributed by atoms with Crippen LogP contribution in [0.2, 0.25) is 0 Å². The normalized spacial score (nSPS) is 20.3. The first-order chi connectivity index (χ1) is 7.18. The fourth-order valence-corrected chi connectivity index (χ4v) is 1.88. The topological polar surface area (TPSA) is 38.3 Å². The molecule has 0 spiro atoms. The Morgan fingerprint density at radius 1 is 1.44 bits per heavy atom. The Hall–Kier alpha value is -0.280. The Labute approximate surface area is 105 Å². The molecule has 0 aromatic carbocycles. The van der Waals surface area contributed by atoms with Gasteiger partial charge in [0, 0.05) is 12.5 Å². The standard InChI is InChI=1S/C12H23NO2.ClH/c1-10(2)9-12(14)15-8-6-11-5-3-4-7-13-11;/h10-11,13H,3-9H2,1-2H3;1H.